The maximum atomic E-state index is 9.61. The quantitative estimate of drug-likeness (QED) is 0.604. The van der Waals surface area contributed by atoms with E-state index in [1.165, 1.54) is 0 Å². The van der Waals surface area contributed by atoms with Crippen molar-refractivity contribution in [3.05, 3.63) is 0 Å². The molecule has 1 fully saturated rings. The summed E-state index contributed by atoms with van der Waals surface area (Å²) in [6.07, 6.45) is 0.736. The summed E-state index contributed by atoms with van der Waals surface area (Å²) in [5.41, 5.74) is 0. The summed E-state index contributed by atoms with van der Waals surface area (Å²) in [6.45, 7) is -0.0977. The minimum absolute atomic E-state index is 0.0977. The van der Waals surface area contributed by atoms with E-state index in [0.29, 0.717) is 12.8 Å². The molecular weight excluding hydrogens is 204 g/mol. The van der Waals surface area contributed by atoms with Crippen molar-refractivity contribution < 1.29 is 20.1 Å². The van der Waals surface area contributed by atoms with E-state index < -0.39 is 12.2 Å². The van der Waals surface area contributed by atoms with E-state index in [1.807, 2.05) is 6.26 Å². The highest BCUT2D eigenvalue weighted by Gasteiger charge is 2.35. The molecule has 4 nitrogen and oxygen atoms in total. The zero-order chi connectivity index (χ0) is 10.6. The Hall–Kier alpha value is 0.190. The molecule has 1 aliphatic rings. The molecule has 5 heteroatoms. The van der Waals surface area contributed by atoms with Crippen LogP contribution in [0.2, 0.25) is 0 Å². The predicted octanol–water partition coefficient (Wildman–Crippen LogP) is -0.389. The summed E-state index contributed by atoms with van der Waals surface area (Å²) < 4.78 is 5.45. The lowest BCUT2D eigenvalue weighted by molar-refractivity contribution is -0.176. The molecule has 0 aromatic rings. The van der Waals surface area contributed by atoms with Crippen molar-refractivity contribution in [3.63, 3.8) is 0 Å². The molecule has 4 atom stereocenters. The first-order valence-corrected chi connectivity index (χ1v) is 6.19. The van der Waals surface area contributed by atoms with E-state index in [4.69, 9.17) is 9.84 Å². The first-order valence-electron chi connectivity index (χ1n) is 4.80. The fraction of sp³-hybridized carbons (Fsp3) is 1.00. The summed E-state index contributed by atoms with van der Waals surface area (Å²) in [5, 5.41) is 28.0. The summed E-state index contributed by atoms with van der Waals surface area (Å²) in [5.74, 6) is 0.882. The lowest BCUT2D eigenvalue weighted by Gasteiger charge is -2.36. The van der Waals surface area contributed by atoms with Gasteiger partial charge in [-0.2, -0.15) is 11.8 Å². The third kappa shape index (κ3) is 3.10. The van der Waals surface area contributed by atoms with Gasteiger partial charge in [-0.25, -0.2) is 0 Å². The van der Waals surface area contributed by atoms with Crippen LogP contribution in [0.5, 0.6) is 0 Å². The van der Waals surface area contributed by atoms with Crippen LogP contribution in [0.1, 0.15) is 12.8 Å². The zero-order valence-corrected chi connectivity index (χ0v) is 9.11. The number of aliphatic hydroxyl groups excluding tert-OH is 3. The first kappa shape index (κ1) is 12.3. The Bertz CT molecular complexity index is 167. The molecule has 1 rings (SSSR count). The van der Waals surface area contributed by atoms with E-state index >= 15 is 0 Å². The fourth-order valence-electron chi connectivity index (χ4n) is 1.63. The van der Waals surface area contributed by atoms with Gasteiger partial charge in [0.2, 0.25) is 0 Å². The van der Waals surface area contributed by atoms with Gasteiger partial charge in [-0.05, 0) is 18.4 Å². The second-order valence-electron chi connectivity index (χ2n) is 3.55. The Kier molecular flexibility index (Phi) is 5.19. The largest absolute Gasteiger partial charge is 0.394 e. The molecule has 3 N–H and O–H groups in total. The van der Waals surface area contributed by atoms with Crippen molar-refractivity contribution >= 4 is 11.8 Å². The molecule has 0 bridgehead atoms. The van der Waals surface area contributed by atoms with Crippen molar-refractivity contribution in [2.24, 2.45) is 0 Å². The molecule has 1 aliphatic heterocycles. The summed E-state index contributed by atoms with van der Waals surface area (Å²) in [6, 6.07) is 0. The van der Waals surface area contributed by atoms with Crippen LogP contribution in [0.4, 0.5) is 0 Å². The Morgan fingerprint density at radius 2 is 2.14 bits per heavy atom. The van der Waals surface area contributed by atoms with Crippen molar-refractivity contribution in [2.75, 3.05) is 18.6 Å². The van der Waals surface area contributed by atoms with Gasteiger partial charge in [-0.3, -0.25) is 0 Å². The van der Waals surface area contributed by atoms with Crippen LogP contribution in [0.15, 0.2) is 0 Å². The number of hydrogen-bond donors (Lipinski definition) is 3. The SMILES string of the molecule is CSCC[C@@H]1OC(CO)C[C@H](O)[C@@H]1O. The smallest absolute Gasteiger partial charge is 0.106 e. The molecule has 1 saturated heterocycles. The number of ether oxygens (including phenoxy) is 1. The Morgan fingerprint density at radius 1 is 1.43 bits per heavy atom. The molecule has 1 heterocycles. The maximum Gasteiger partial charge on any atom is 0.106 e. The number of aliphatic hydroxyl groups is 3. The van der Waals surface area contributed by atoms with Crippen LogP contribution in [-0.2, 0) is 4.74 Å². The van der Waals surface area contributed by atoms with Crippen LogP contribution in [-0.4, -0.2) is 58.4 Å². The molecule has 14 heavy (non-hydrogen) atoms. The van der Waals surface area contributed by atoms with Gasteiger partial charge in [0.25, 0.3) is 0 Å². The zero-order valence-electron chi connectivity index (χ0n) is 8.30. The molecule has 0 saturated carbocycles. The highest BCUT2D eigenvalue weighted by Crippen LogP contribution is 2.23. The third-order valence-electron chi connectivity index (χ3n) is 2.46. The average molecular weight is 222 g/mol. The highest BCUT2D eigenvalue weighted by atomic mass is 32.2. The molecule has 1 unspecified atom stereocenters. The number of thioether (sulfide) groups is 1. The fourth-order valence-corrected chi connectivity index (χ4v) is 2.10. The van der Waals surface area contributed by atoms with Crippen molar-refractivity contribution in [3.8, 4) is 0 Å². The molecule has 0 spiro atoms. The summed E-state index contributed by atoms with van der Waals surface area (Å²) >= 11 is 1.67. The Balaban J connectivity index is 2.45. The van der Waals surface area contributed by atoms with Gasteiger partial charge >= 0.3 is 0 Å². The number of rotatable bonds is 4. The normalized spacial score (nSPS) is 38.6. The molecule has 0 amide bonds. The predicted molar refractivity (Wildman–Crippen MR) is 55.4 cm³/mol. The van der Waals surface area contributed by atoms with E-state index in [0.717, 1.165) is 5.75 Å². The van der Waals surface area contributed by atoms with Crippen molar-refractivity contribution in [1.82, 2.24) is 0 Å². The first-order chi connectivity index (χ1) is 6.69. The van der Waals surface area contributed by atoms with E-state index in [2.05, 4.69) is 0 Å². The van der Waals surface area contributed by atoms with E-state index in [9.17, 15) is 10.2 Å². The van der Waals surface area contributed by atoms with Crippen LogP contribution in [0, 0.1) is 0 Å². The molecular formula is C9H18O4S. The Morgan fingerprint density at radius 3 is 2.71 bits per heavy atom. The topological polar surface area (TPSA) is 69.9 Å². The summed E-state index contributed by atoms with van der Waals surface area (Å²) in [7, 11) is 0. The minimum atomic E-state index is -0.815. The third-order valence-corrected chi connectivity index (χ3v) is 3.10. The van der Waals surface area contributed by atoms with Gasteiger partial charge in [-0.15, -0.1) is 0 Å². The minimum Gasteiger partial charge on any atom is -0.394 e. The van der Waals surface area contributed by atoms with Gasteiger partial charge < -0.3 is 20.1 Å². The van der Waals surface area contributed by atoms with Crippen LogP contribution in [0.3, 0.4) is 0 Å². The maximum absolute atomic E-state index is 9.61. The van der Waals surface area contributed by atoms with Gasteiger partial charge in [0.05, 0.1) is 24.9 Å². The number of hydrogen-bond acceptors (Lipinski definition) is 5. The van der Waals surface area contributed by atoms with Gasteiger partial charge in [-0.1, -0.05) is 0 Å². The van der Waals surface area contributed by atoms with Gasteiger partial charge in [0, 0.05) is 6.42 Å². The standard InChI is InChI=1S/C9H18O4S/c1-14-3-2-8-9(12)7(11)4-6(5-10)13-8/h6-12H,2-5H2,1H3/t6?,7-,8-,9-/m0/s1. The highest BCUT2D eigenvalue weighted by molar-refractivity contribution is 7.98. The molecule has 84 valence electrons. The lowest BCUT2D eigenvalue weighted by atomic mass is 9.97. The van der Waals surface area contributed by atoms with Gasteiger partial charge in [0.1, 0.15) is 6.10 Å². The molecule has 0 radical (unpaired) electrons. The van der Waals surface area contributed by atoms with Crippen LogP contribution in [0.25, 0.3) is 0 Å². The summed E-state index contributed by atoms with van der Waals surface area (Å²) in [4.78, 5) is 0. The lowest BCUT2D eigenvalue weighted by Crippen LogP contribution is -2.49. The second kappa shape index (κ2) is 5.92. The molecule has 0 aromatic carbocycles. The molecule has 0 aromatic heterocycles. The molecule has 0 aliphatic carbocycles. The monoisotopic (exact) mass is 222 g/mol. The average Bonchev–Trinajstić information content (AvgIpc) is 2.20. The van der Waals surface area contributed by atoms with E-state index in [1.54, 1.807) is 11.8 Å². The van der Waals surface area contributed by atoms with Crippen LogP contribution < -0.4 is 0 Å². The second-order valence-corrected chi connectivity index (χ2v) is 4.54. The van der Waals surface area contributed by atoms with E-state index in [-0.39, 0.29) is 18.8 Å². The van der Waals surface area contributed by atoms with Gasteiger partial charge in [0.15, 0.2) is 0 Å². The Labute approximate surface area is 88.3 Å². The van der Waals surface area contributed by atoms with Crippen molar-refractivity contribution in [1.29, 1.82) is 0 Å². The van der Waals surface area contributed by atoms with Crippen LogP contribution >= 0.6 is 11.8 Å². The van der Waals surface area contributed by atoms with Crippen molar-refractivity contribution in [2.45, 2.75) is 37.3 Å².